The maximum absolute atomic E-state index is 14.6. The van der Waals surface area contributed by atoms with Crippen molar-refractivity contribution >= 4 is 29.2 Å². The number of aliphatic hydroxyl groups excluding tert-OH is 1. The summed E-state index contributed by atoms with van der Waals surface area (Å²) in [4.78, 5) is 72.8. The summed E-state index contributed by atoms with van der Waals surface area (Å²) in [7, 11) is 6.33. The predicted molar refractivity (Wildman–Crippen MR) is 282 cm³/mol. The molecule has 15 atom stereocenters. The van der Waals surface area contributed by atoms with Gasteiger partial charge in [-0.25, -0.2) is 4.79 Å². The lowest BCUT2D eigenvalue weighted by atomic mass is 9.78. The normalized spacial score (nSPS) is 36.6. The van der Waals surface area contributed by atoms with Gasteiger partial charge in [-0.1, -0.05) is 71.1 Å². The molecule has 1 aliphatic carbocycles. The number of amides is 1. The number of carbonyl (C=O) groups excluding carboxylic acids is 5. The van der Waals surface area contributed by atoms with Gasteiger partial charge in [0.05, 0.1) is 64.1 Å². The van der Waals surface area contributed by atoms with Crippen LogP contribution < -0.4 is 0 Å². The van der Waals surface area contributed by atoms with Gasteiger partial charge in [0, 0.05) is 65.6 Å². The van der Waals surface area contributed by atoms with Crippen molar-refractivity contribution in [3.63, 3.8) is 0 Å². The van der Waals surface area contributed by atoms with Gasteiger partial charge < -0.3 is 57.7 Å². The number of hydrogen-bond acceptors (Lipinski definition) is 16. The van der Waals surface area contributed by atoms with E-state index in [4.69, 9.17) is 42.6 Å². The van der Waals surface area contributed by atoms with Gasteiger partial charge >= 0.3 is 5.97 Å². The fourth-order valence-electron chi connectivity index (χ4n) is 11.0. The second-order valence-electron chi connectivity index (χ2n) is 21.7. The van der Waals surface area contributed by atoms with Crippen molar-refractivity contribution in [2.24, 2.45) is 35.5 Å². The zero-order valence-corrected chi connectivity index (χ0v) is 47.0. The Balaban J connectivity index is 1.68. The predicted octanol–water partition coefficient (Wildman–Crippen LogP) is 6.88. The number of ketones is 3. The minimum Gasteiger partial charge on any atom is -0.460 e. The number of carbonyl (C=O) groups is 5. The van der Waals surface area contributed by atoms with Crippen LogP contribution in [0.5, 0.6) is 0 Å². The molecule has 1 saturated carbocycles. The first-order chi connectivity index (χ1) is 35.8. The number of rotatable bonds is 16. The molecule has 1 unspecified atom stereocenters. The number of cyclic esters (lactones) is 1. The number of fused-ring (bicyclic) bond motifs is 3. The smallest absolute Gasteiger partial charge is 0.329 e. The van der Waals surface area contributed by atoms with Crippen molar-refractivity contribution in [1.29, 1.82) is 0 Å². The van der Waals surface area contributed by atoms with Crippen molar-refractivity contribution in [3.8, 4) is 0 Å². The molecule has 75 heavy (non-hydrogen) atoms. The second kappa shape index (κ2) is 32.4. The number of nitrogens with zero attached hydrogens (tertiary/aromatic N) is 1. The molecule has 0 aromatic heterocycles. The average Bonchev–Trinajstić information content (AvgIpc) is 3.39. The van der Waals surface area contributed by atoms with E-state index in [0.717, 1.165) is 24.8 Å². The van der Waals surface area contributed by atoms with Crippen LogP contribution >= 0.6 is 0 Å². The van der Waals surface area contributed by atoms with Crippen LogP contribution in [0.3, 0.4) is 0 Å². The van der Waals surface area contributed by atoms with Crippen LogP contribution in [0.1, 0.15) is 126 Å². The molecule has 3 heterocycles. The van der Waals surface area contributed by atoms with Gasteiger partial charge in [0.2, 0.25) is 5.79 Å². The molecule has 2 saturated heterocycles. The van der Waals surface area contributed by atoms with E-state index in [0.29, 0.717) is 70.5 Å². The summed E-state index contributed by atoms with van der Waals surface area (Å²) in [5.74, 6) is -8.00. The quantitative estimate of drug-likeness (QED) is 0.0698. The van der Waals surface area contributed by atoms with Crippen molar-refractivity contribution in [2.45, 2.75) is 180 Å². The topological polar surface area (TPSA) is 212 Å². The van der Waals surface area contributed by atoms with Crippen LogP contribution in [0.15, 0.2) is 47.6 Å². The number of hydrogen-bond donors (Lipinski definition) is 2. The van der Waals surface area contributed by atoms with Crippen LogP contribution in [0, 0.1) is 35.5 Å². The molecule has 4 rings (SSSR count). The lowest BCUT2D eigenvalue weighted by Gasteiger charge is -2.43. The summed E-state index contributed by atoms with van der Waals surface area (Å²) in [6, 6.07) is -1.15. The zero-order chi connectivity index (χ0) is 55.2. The lowest BCUT2D eigenvalue weighted by Crippen LogP contribution is -2.61. The van der Waals surface area contributed by atoms with Crippen molar-refractivity contribution in [3.05, 3.63) is 47.6 Å². The summed E-state index contributed by atoms with van der Waals surface area (Å²) in [6.07, 6.45) is 12.2. The summed E-state index contributed by atoms with van der Waals surface area (Å²) >= 11 is 0. The molecule has 1 amide bonds. The first kappa shape index (κ1) is 64.0. The van der Waals surface area contributed by atoms with Crippen LogP contribution in [0.4, 0.5) is 0 Å². The van der Waals surface area contributed by atoms with Crippen LogP contribution in [-0.4, -0.2) is 174 Å². The largest absolute Gasteiger partial charge is 0.460 e. The Kier molecular flexibility index (Phi) is 27.7. The second-order valence-corrected chi connectivity index (χ2v) is 21.7. The van der Waals surface area contributed by atoms with E-state index in [1.54, 1.807) is 48.2 Å². The third-order valence-corrected chi connectivity index (χ3v) is 15.8. The number of esters is 1. The highest BCUT2D eigenvalue weighted by atomic mass is 16.6. The highest BCUT2D eigenvalue weighted by Crippen LogP contribution is 2.38. The minimum atomic E-state index is -2.48. The number of piperidine rings is 1. The van der Waals surface area contributed by atoms with Crippen molar-refractivity contribution in [2.75, 3.05) is 74.6 Å². The molecular formula is C58H93NO16. The van der Waals surface area contributed by atoms with Gasteiger partial charge in [-0.3, -0.25) is 19.2 Å². The third kappa shape index (κ3) is 19.1. The lowest BCUT2D eigenvalue weighted by molar-refractivity contribution is -0.266. The Hall–Kier alpha value is -3.49. The van der Waals surface area contributed by atoms with Gasteiger partial charge in [0.15, 0.2) is 5.78 Å². The fourth-order valence-corrected chi connectivity index (χ4v) is 11.0. The molecule has 17 heteroatoms. The summed E-state index contributed by atoms with van der Waals surface area (Å²) in [5.41, 5.74) is 1.23. The molecule has 0 aromatic carbocycles. The summed E-state index contributed by atoms with van der Waals surface area (Å²) in [5, 5.41) is 23.7. The molecular weight excluding hydrogens is 967 g/mol. The molecule has 2 bridgehead atoms. The average molecular weight is 1060 g/mol. The Morgan fingerprint density at radius 2 is 1.47 bits per heavy atom. The number of allylic oxidation sites excluding steroid dienone is 6. The molecule has 3 fully saturated rings. The number of ether oxygens (including phenoxy) is 9. The Bertz CT molecular complexity index is 1930. The first-order valence-electron chi connectivity index (χ1n) is 27.5. The standard InChI is InChI=1S/C58H93NO16/c1-37-17-13-12-14-18-38(2)49(73-30-29-72-28-27-71-26-25-67-8)35-45-22-20-43(7)58(66,75-45)55(63)56(64)59-24-16-15-19-46(59)57(65)74-50(40(4)33-44-21-23-48(68-9)51(34-44)69-10)36-47(60)39(3)32-42(6)53(62)54(70-11)52(61)41(5)31-37/h12-14,17-18,32,37,39-41,43-46,48-51,53-54,62,66H,15-16,19-31,33-36H2,1-11H3/b14-12+,17-13+,38-18+,42-32+/t37-,39-,40-,41-,43-,44+,45+,46+,48-,49?,50+,51-,53-,54+,58-/m1/s1. The van der Waals surface area contributed by atoms with Gasteiger partial charge in [0.25, 0.3) is 11.7 Å². The van der Waals surface area contributed by atoms with E-state index in [1.165, 1.54) is 12.0 Å². The van der Waals surface area contributed by atoms with E-state index in [2.05, 4.69) is 0 Å². The highest BCUT2D eigenvalue weighted by molar-refractivity contribution is 6.39. The molecule has 17 nitrogen and oxygen atoms in total. The molecule has 4 aliphatic rings. The molecule has 0 radical (unpaired) electrons. The number of Topliss-reactive ketones (excluding diaryl/α,β-unsaturated/α-hetero) is 3. The SMILES string of the molecule is COCCOCCOCCOC1C[C@@H]2CC[C@@H](C)[C@@](O)(O2)C(=O)C(=O)N2CCCC[C@H]2C(=O)O[C@H]([C@H](C)C[C@@H]2CC[C@@H](OC)[C@H](OC)C2)CC(=O)[C@H](C)/C=C(\C)[C@@H](O)[C@@H](OC)C(=O)[C@H](C)C[C@H](C)/C=C/C=C/C=C/1C. The molecule has 3 aliphatic heterocycles. The van der Waals surface area contributed by atoms with Gasteiger partial charge in [-0.05, 0) is 107 Å². The summed E-state index contributed by atoms with van der Waals surface area (Å²) < 4.78 is 52.4. The molecule has 426 valence electrons. The Morgan fingerprint density at radius 3 is 2.15 bits per heavy atom. The van der Waals surface area contributed by atoms with Crippen LogP contribution in [-0.2, 0) is 66.6 Å². The highest BCUT2D eigenvalue weighted by Gasteiger charge is 2.53. The van der Waals surface area contributed by atoms with E-state index >= 15 is 0 Å². The first-order valence-corrected chi connectivity index (χ1v) is 27.5. The van der Waals surface area contributed by atoms with Gasteiger partial charge in [0.1, 0.15) is 30.1 Å². The van der Waals surface area contributed by atoms with Crippen LogP contribution in [0.2, 0.25) is 0 Å². The molecule has 2 N–H and O–H groups in total. The maximum Gasteiger partial charge on any atom is 0.329 e. The number of aliphatic hydroxyl groups is 2. The minimum absolute atomic E-state index is 0.00808. The van der Waals surface area contributed by atoms with Gasteiger partial charge in [-0.2, -0.15) is 0 Å². The van der Waals surface area contributed by atoms with E-state index in [-0.39, 0.29) is 80.5 Å². The monoisotopic (exact) mass is 1060 g/mol. The number of methoxy groups -OCH3 is 4. The summed E-state index contributed by atoms with van der Waals surface area (Å²) in [6.45, 7) is 15.0. The molecule has 0 spiro atoms. The van der Waals surface area contributed by atoms with E-state index < -0.39 is 77.8 Å². The van der Waals surface area contributed by atoms with Crippen molar-refractivity contribution < 1.29 is 76.8 Å². The zero-order valence-electron chi connectivity index (χ0n) is 47.0. The van der Waals surface area contributed by atoms with Crippen molar-refractivity contribution in [1.82, 2.24) is 4.90 Å². The van der Waals surface area contributed by atoms with Crippen LogP contribution in [0.25, 0.3) is 0 Å². The van der Waals surface area contributed by atoms with Gasteiger partial charge in [-0.15, -0.1) is 0 Å². The molecule has 0 aromatic rings. The Labute approximate surface area is 447 Å². The van der Waals surface area contributed by atoms with E-state index in [1.807, 2.05) is 58.1 Å². The fraction of sp³-hybridized carbons (Fsp3) is 0.776. The third-order valence-electron chi connectivity index (χ3n) is 15.8. The Morgan fingerprint density at radius 1 is 0.773 bits per heavy atom. The maximum atomic E-state index is 14.6. The van der Waals surface area contributed by atoms with E-state index in [9.17, 15) is 34.2 Å².